The lowest BCUT2D eigenvalue weighted by molar-refractivity contribution is 0.245. The molecule has 2 aliphatic rings. The zero-order valence-electron chi connectivity index (χ0n) is 16.0. The van der Waals surface area contributed by atoms with Crippen LogP contribution in [0.3, 0.4) is 0 Å². The third kappa shape index (κ3) is 4.10. The molecule has 3 atom stereocenters. The Kier molecular flexibility index (Phi) is 4.62. The number of nitrogens with one attached hydrogen (secondary N) is 1. The van der Waals surface area contributed by atoms with E-state index in [2.05, 4.69) is 41.2 Å². The van der Waals surface area contributed by atoms with Gasteiger partial charge in [-0.2, -0.15) is 0 Å². The molecule has 2 heterocycles. The van der Waals surface area contributed by atoms with Gasteiger partial charge in [-0.15, -0.1) is 10.2 Å². The van der Waals surface area contributed by atoms with Crippen LogP contribution in [0.15, 0.2) is 30.3 Å². The maximum Gasteiger partial charge on any atom is 0.148 e. The van der Waals surface area contributed by atoms with E-state index in [1.807, 2.05) is 0 Å². The predicted molar refractivity (Wildman–Crippen MR) is 102 cm³/mol. The molecule has 2 aromatic rings. The van der Waals surface area contributed by atoms with Gasteiger partial charge < -0.3 is 10.2 Å². The highest BCUT2D eigenvalue weighted by Gasteiger charge is 2.55. The van der Waals surface area contributed by atoms with E-state index in [0.717, 1.165) is 37.8 Å². The Morgan fingerprint density at radius 3 is 2.44 bits per heavy atom. The Morgan fingerprint density at radius 2 is 1.81 bits per heavy atom. The summed E-state index contributed by atoms with van der Waals surface area (Å²) in [7, 11) is 0. The van der Waals surface area contributed by atoms with Gasteiger partial charge in [-0.1, -0.05) is 20.8 Å². The molecule has 1 aromatic heterocycles. The van der Waals surface area contributed by atoms with Crippen LogP contribution in [0.4, 0.5) is 14.6 Å². The highest BCUT2D eigenvalue weighted by molar-refractivity contribution is 5.60. The molecule has 1 saturated heterocycles. The van der Waals surface area contributed by atoms with E-state index in [-0.39, 0.29) is 5.56 Å². The monoisotopic (exact) mass is 372 g/mol. The number of halogens is 2. The molecule has 0 spiro atoms. The number of nitrogens with zero attached hydrogens (tertiary/aromatic N) is 3. The van der Waals surface area contributed by atoms with Crippen LogP contribution in [-0.2, 0) is 0 Å². The molecule has 4 rings (SSSR count). The van der Waals surface area contributed by atoms with Crippen molar-refractivity contribution in [2.45, 2.75) is 33.2 Å². The van der Waals surface area contributed by atoms with Gasteiger partial charge in [0.1, 0.15) is 17.5 Å². The van der Waals surface area contributed by atoms with E-state index in [0.29, 0.717) is 34.8 Å². The lowest BCUT2D eigenvalue weighted by Gasteiger charge is -2.25. The summed E-state index contributed by atoms with van der Waals surface area (Å²) < 4.78 is 27.2. The maximum absolute atomic E-state index is 13.9. The van der Waals surface area contributed by atoms with E-state index in [1.54, 1.807) is 12.1 Å². The van der Waals surface area contributed by atoms with Crippen molar-refractivity contribution in [2.24, 2.45) is 17.3 Å². The van der Waals surface area contributed by atoms with Crippen molar-refractivity contribution in [3.63, 3.8) is 0 Å². The van der Waals surface area contributed by atoms with Crippen LogP contribution in [0, 0.1) is 28.9 Å². The van der Waals surface area contributed by atoms with Crippen LogP contribution in [0.25, 0.3) is 11.3 Å². The molecular formula is C21H26F2N4. The fraction of sp³-hybridized carbons (Fsp3) is 0.524. The van der Waals surface area contributed by atoms with Crippen molar-refractivity contribution in [3.8, 4) is 11.3 Å². The number of aromatic nitrogens is 2. The van der Waals surface area contributed by atoms with E-state index in [1.165, 1.54) is 6.42 Å². The molecule has 2 fully saturated rings. The number of fused-ring (bicyclic) bond motifs is 1. The second-order valence-electron chi connectivity index (χ2n) is 9.00. The van der Waals surface area contributed by atoms with Gasteiger partial charge in [-0.25, -0.2) is 8.78 Å². The van der Waals surface area contributed by atoms with Gasteiger partial charge in [-0.05, 0) is 60.5 Å². The van der Waals surface area contributed by atoms with Gasteiger partial charge in [0.15, 0.2) is 0 Å². The Balaban J connectivity index is 1.32. The molecule has 1 saturated carbocycles. The van der Waals surface area contributed by atoms with Crippen LogP contribution in [-0.4, -0.2) is 40.8 Å². The first-order valence-electron chi connectivity index (χ1n) is 9.58. The molecule has 0 unspecified atom stereocenters. The minimum Gasteiger partial charge on any atom is -0.365 e. The highest BCUT2D eigenvalue weighted by atomic mass is 19.1. The summed E-state index contributed by atoms with van der Waals surface area (Å²) in [6, 6.07) is 7.26. The second-order valence-corrected chi connectivity index (χ2v) is 9.00. The quantitative estimate of drug-likeness (QED) is 0.854. The molecule has 1 aliphatic heterocycles. The van der Waals surface area contributed by atoms with Crippen molar-refractivity contribution >= 4 is 5.82 Å². The summed E-state index contributed by atoms with van der Waals surface area (Å²) in [4.78, 5) is 2.56. The van der Waals surface area contributed by atoms with Gasteiger partial charge in [0.25, 0.3) is 0 Å². The van der Waals surface area contributed by atoms with Gasteiger partial charge in [0.2, 0.25) is 0 Å². The van der Waals surface area contributed by atoms with Gasteiger partial charge in [-0.3, -0.25) is 0 Å². The van der Waals surface area contributed by atoms with Crippen LogP contribution in [0.2, 0.25) is 0 Å². The Hall–Kier alpha value is -2.08. The van der Waals surface area contributed by atoms with E-state index >= 15 is 0 Å². The van der Waals surface area contributed by atoms with Crippen LogP contribution in [0.5, 0.6) is 0 Å². The third-order valence-corrected chi connectivity index (χ3v) is 5.63. The summed E-state index contributed by atoms with van der Waals surface area (Å²) in [5, 5.41) is 11.7. The SMILES string of the molecule is CC(C)(C)CCN1C[C@@H]2[C@H](C1)[C@@H]2Nc1ccc(-c2cc(F)ccc2F)nn1. The van der Waals surface area contributed by atoms with Crippen molar-refractivity contribution < 1.29 is 8.78 Å². The molecule has 1 N–H and O–H groups in total. The average molecular weight is 372 g/mol. The lowest BCUT2D eigenvalue weighted by atomic mass is 9.92. The van der Waals surface area contributed by atoms with Crippen LogP contribution >= 0.6 is 0 Å². The Bertz CT molecular complexity index is 804. The van der Waals surface area contributed by atoms with Crippen molar-refractivity contribution in [1.29, 1.82) is 0 Å². The number of piperidine rings is 1. The number of hydrogen-bond donors (Lipinski definition) is 1. The minimum atomic E-state index is -0.501. The first-order chi connectivity index (χ1) is 12.8. The highest BCUT2D eigenvalue weighted by Crippen LogP contribution is 2.47. The number of anilines is 1. The summed E-state index contributed by atoms with van der Waals surface area (Å²) >= 11 is 0. The molecule has 0 amide bonds. The summed E-state index contributed by atoms with van der Waals surface area (Å²) in [5.74, 6) is 1.05. The number of rotatable bonds is 5. The van der Waals surface area contributed by atoms with E-state index in [9.17, 15) is 8.78 Å². The van der Waals surface area contributed by atoms with Crippen LogP contribution in [0.1, 0.15) is 27.2 Å². The first kappa shape index (κ1) is 18.3. The lowest BCUT2D eigenvalue weighted by Crippen LogP contribution is -2.30. The normalized spacial score (nSPS) is 24.7. The van der Waals surface area contributed by atoms with Gasteiger partial charge >= 0.3 is 0 Å². The molecule has 0 radical (unpaired) electrons. The summed E-state index contributed by atoms with van der Waals surface area (Å²) in [6.07, 6.45) is 1.22. The predicted octanol–water partition coefficient (Wildman–Crippen LogP) is 4.20. The largest absolute Gasteiger partial charge is 0.365 e. The zero-order valence-corrected chi connectivity index (χ0v) is 16.0. The standard InChI is InChI=1S/C21H26F2N4/c1-21(2,3)8-9-27-11-15-16(12-27)20(15)24-19-7-6-18(25-26-19)14-10-13(22)4-5-17(14)23/h4-7,10,15-16,20H,8-9,11-12H2,1-3H3,(H,24,26)/t15-,16+,20-. The smallest absolute Gasteiger partial charge is 0.148 e. The average Bonchev–Trinajstić information content (AvgIpc) is 3.05. The van der Waals surface area contributed by atoms with E-state index in [4.69, 9.17) is 0 Å². The fourth-order valence-corrected chi connectivity index (χ4v) is 3.92. The molecule has 1 aliphatic carbocycles. The van der Waals surface area contributed by atoms with Gasteiger partial charge in [0, 0.05) is 24.7 Å². The molecule has 4 nitrogen and oxygen atoms in total. The zero-order chi connectivity index (χ0) is 19.2. The fourth-order valence-electron chi connectivity index (χ4n) is 3.92. The Labute approximate surface area is 159 Å². The molecule has 1 aromatic carbocycles. The molecule has 0 bridgehead atoms. The van der Waals surface area contributed by atoms with Crippen LogP contribution < -0.4 is 5.32 Å². The summed E-state index contributed by atoms with van der Waals surface area (Å²) in [5.41, 5.74) is 0.844. The summed E-state index contributed by atoms with van der Waals surface area (Å²) in [6.45, 7) is 10.3. The third-order valence-electron chi connectivity index (χ3n) is 5.63. The molecule has 6 heteroatoms. The van der Waals surface area contributed by atoms with Crippen molar-refractivity contribution in [2.75, 3.05) is 25.0 Å². The van der Waals surface area contributed by atoms with E-state index < -0.39 is 11.6 Å². The number of hydrogen-bond acceptors (Lipinski definition) is 4. The van der Waals surface area contributed by atoms with Crippen molar-refractivity contribution in [3.05, 3.63) is 42.0 Å². The topological polar surface area (TPSA) is 41.0 Å². The molecule has 144 valence electrons. The minimum absolute atomic E-state index is 0.131. The second kappa shape index (κ2) is 6.82. The Morgan fingerprint density at radius 1 is 1.07 bits per heavy atom. The van der Waals surface area contributed by atoms with Crippen molar-refractivity contribution in [1.82, 2.24) is 15.1 Å². The maximum atomic E-state index is 13.9. The molecular weight excluding hydrogens is 346 g/mol. The number of benzene rings is 1. The number of likely N-dealkylation sites (tertiary alicyclic amines) is 1. The molecule has 27 heavy (non-hydrogen) atoms. The first-order valence-corrected chi connectivity index (χ1v) is 9.58. The van der Waals surface area contributed by atoms with Gasteiger partial charge in [0.05, 0.1) is 5.69 Å².